The summed E-state index contributed by atoms with van der Waals surface area (Å²) < 4.78 is 0. The maximum atomic E-state index is 12.1. The highest BCUT2D eigenvalue weighted by molar-refractivity contribution is 7.11. The van der Waals surface area contributed by atoms with Gasteiger partial charge < -0.3 is 0 Å². The molecule has 6 heteroatoms. The zero-order valence-corrected chi connectivity index (χ0v) is 13.4. The van der Waals surface area contributed by atoms with Crippen LogP contribution in [0.1, 0.15) is 20.9 Å². The summed E-state index contributed by atoms with van der Waals surface area (Å²) in [6.07, 6.45) is 0. The monoisotopic (exact) mass is 324 g/mol. The first-order valence-electron chi connectivity index (χ1n) is 7.05. The Morgan fingerprint density at radius 3 is 2.70 bits per heavy atom. The first-order valence-corrected chi connectivity index (χ1v) is 7.93. The minimum Gasteiger partial charge on any atom is -0.297 e. The minimum atomic E-state index is -0.298. The summed E-state index contributed by atoms with van der Waals surface area (Å²) in [6.45, 7) is 5.91. The molecule has 0 bridgehead atoms. The lowest BCUT2D eigenvalue weighted by molar-refractivity contribution is 0.0937. The van der Waals surface area contributed by atoms with Crippen LogP contribution < -0.4 is 10.9 Å². The van der Waals surface area contributed by atoms with Gasteiger partial charge in [0.2, 0.25) is 0 Å². The highest BCUT2D eigenvalue weighted by atomic mass is 32.1. The fourth-order valence-electron chi connectivity index (χ4n) is 2.02. The topological polar surface area (TPSA) is 69.8 Å². The summed E-state index contributed by atoms with van der Waals surface area (Å²) in [6, 6.07) is 13.5. The quantitative estimate of drug-likeness (QED) is 0.630. The maximum Gasteiger partial charge on any atom is 0.287 e. The summed E-state index contributed by atoms with van der Waals surface area (Å²) in [5.74, 6) is -0.298. The molecule has 0 saturated carbocycles. The van der Waals surface area contributed by atoms with E-state index in [9.17, 15) is 4.79 Å². The molecule has 0 fully saturated rings. The molecule has 2 heterocycles. The number of aromatic amines is 1. The Kier molecular flexibility index (Phi) is 4.25. The van der Waals surface area contributed by atoms with Crippen molar-refractivity contribution in [3.8, 4) is 11.3 Å². The van der Waals surface area contributed by atoms with Gasteiger partial charge in [-0.25, -0.2) is 0 Å². The van der Waals surface area contributed by atoms with Crippen LogP contribution in [0.3, 0.4) is 0 Å². The molecule has 0 aliphatic heterocycles. The zero-order valence-electron chi connectivity index (χ0n) is 12.6. The van der Waals surface area contributed by atoms with Crippen molar-refractivity contribution in [2.24, 2.45) is 0 Å². The van der Waals surface area contributed by atoms with Crippen LogP contribution in [0.25, 0.3) is 17.0 Å². The summed E-state index contributed by atoms with van der Waals surface area (Å²) in [5, 5.41) is 8.88. The number of benzene rings is 1. The van der Waals surface area contributed by atoms with Crippen LogP contribution in [0.2, 0.25) is 0 Å². The lowest BCUT2D eigenvalue weighted by Crippen LogP contribution is -2.35. The molecule has 0 aliphatic carbocycles. The van der Waals surface area contributed by atoms with Gasteiger partial charge >= 0.3 is 0 Å². The van der Waals surface area contributed by atoms with Crippen molar-refractivity contribution in [1.82, 2.24) is 21.0 Å². The first kappa shape index (κ1) is 15.1. The fourth-order valence-corrected chi connectivity index (χ4v) is 2.68. The molecule has 0 radical (unpaired) electrons. The SMILES string of the molecule is C=C(NNC(=O)c1cc(-c2ccc(C)cc2)n[nH]1)c1cccs1. The van der Waals surface area contributed by atoms with Gasteiger partial charge in [0.15, 0.2) is 0 Å². The molecule has 5 nitrogen and oxygen atoms in total. The normalized spacial score (nSPS) is 10.3. The molecular weight excluding hydrogens is 308 g/mol. The predicted molar refractivity (Wildman–Crippen MR) is 92.7 cm³/mol. The van der Waals surface area contributed by atoms with Gasteiger partial charge in [0.05, 0.1) is 16.3 Å². The van der Waals surface area contributed by atoms with Gasteiger partial charge in [-0.05, 0) is 24.4 Å². The second-order valence-corrected chi connectivity index (χ2v) is 6.02. The number of carbonyl (C=O) groups excluding carboxylic acids is 1. The number of thiophene rings is 1. The maximum absolute atomic E-state index is 12.1. The molecule has 23 heavy (non-hydrogen) atoms. The summed E-state index contributed by atoms with van der Waals surface area (Å²) in [5.41, 5.74) is 9.31. The minimum absolute atomic E-state index is 0.298. The van der Waals surface area contributed by atoms with E-state index in [-0.39, 0.29) is 5.91 Å². The van der Waals surface area contributed by atoms with Crippen LogP contribution in [0, 0.1) is 6.92 Å². The largest absolute Gasteiger partial charge is 0.297 e. The van der Waals surface area contributed by atoms with E-state index in [4.69, 9.17) is 0 Å². The Morgan fingerprint density at radius 1 is 1.22 bits per heavy atom. The second kappa shape index (κ2) is 6.50. The van der Waals surface area contributed by atoms with Crippen LogP contribution >= 0.6 is 11.3 Å². The Balaban J connectivity index is 1.64. The Labute approximate surface area is 138 Å². The summed E-state index contributed by atoms with van der Waals surface area (Å²) >= 11 is 1.55. The van der Waals surface area contributed by atoms with Gasteiger partial charge in [-0.2, -0.15) is 5.10 Å². The van der Waals surface area contributed by atoms with E-state index in [2.05, 4.69) is 27.6 Å². The fraction of sp³-hybridized carbons (Fsp3) is 0.0588. The van der Waals surface area contributed by atoms with E-state index in [1.165, 1.54) is 5.56 Å². The van der Waals surface area contributed by atoms with Crippen LogP contribution in [-0.4, -0.2) is 16.1 Å². The van der Waals surface area contributed by atoms with E-state index in [1.807, 2.05) is 48.7 Å². The molecular formula is C17H16N4OS. The number of nitrogens with zero attached hydrogens (tertiary/aromatic N) is 1. The smallest absolute Gasteiger partial charge is 0.287 e. The van der Waals surface area contributed by atoms with Crippen LogP contribution in [-0.2, 0) is 0 Å². The lowest BCUT2D eigenvalue weighted by Gasteiger charge is -2.08. The first-order chi connectivity index (χ1) is 11.1. The van der Waals surface area contributed by atoms with Crippen molar-refractivity contribution in [1.29, 1.82) is 0 Å². The number of hydrazine groups is 1. The van der Waals surface area contributed by atoms with Crippen molar-refractivity contribution in [3.05, 3.63) is 70.6 Å². The zero-order chi connectivity index (χ0) is 16.2. The van der Waals surface area contributed by atoms with Crippen LogP contribution in [0.15, 0.2) is 54.4 Å². The number of aryl methyl sites for hydroxylation is 1. The molecule has 3 aromatic rings. The van der Waals surface area contributed by atoms with Gasteiger partial charge in [0, 0.05) is 5.56 Å². The highest BCUT2D eigenvalue weighted by Gasteiger charge is 2.11. The van der Waals surface area contributed by atoms with Gasteiger partial charge in [0.25, 0.3) is 5.91 Å². The Morgan fingerprint density at radius 2 is 2.00 bits per heavy atom. The molecule has 0 atom stereocenters. The number of rotatable bonds is 5. The number of hydrogen-bond donors (Lipinski definition) is 3. The van der Waals surface area contributed by atoms with E-state index in [0.29, 0.717) is 11.4 Å². The number of H-pyrrole nitrogens is 1. The summed E-state index contributed by atoms with van der Waals surface area (Å²) in [7, 11) is 0. The van der Waals surface area contributed by atoms with Crippen molar-refractivity contribution in [3.63, 3.8) is 0 Å². The summed E-state index contributed by atoms with van der Waals surface area (Å²) in [4.78, 5) is 13.1. The molecule has 1 aromatic carbocycles. The molecule has 0 spiro atoms. The van der Waals surface area contributed by atoms with Gasteiger partial charge in [-0.1, -0.05) is 42.5 Å². The lowest BCUT2D eigenvalue weighted by atomic mass is 10.1. The van der Waals surface area contributed by atoms with Gasteiger partial charge in [-0.15, -0.1) is 11.3 Å². The Hall–Kier alpha value is -2.86. The number of aromatic nitrogens is 2. The van der Waals surface area contributed by atoms with Crippen LogP contribution in [0.4, 0.5) is 0 Å². The van der Waals surface area contributed by atoms with E-state index < -0.39 is 0 Å². The van der Waals surface area contributed by atoms with Crippen molar-refractivity contribution in [2.75, 3.05) is 0 Å². The molecule has 0 unspecified atom stereocenters. The molecule has 1 amide bonds. The molecule has 3 N–H and O–H groups in total. The molecule has 0 aliphatic rings. The number of nitrogens with one attached hydrogen (secondary N) is 3. The molecule has 2 aromatic heterocycles. The molecule has 3 rings (SSSR count). The van der Waals surface area contributed by atoms with Crippen molar-refractivity contribution < 1.29 is 4.79 Å². The second-order valence-electron chi connectivity index (χ2n) is 5.07. The molecule has 116 valence electrons. The average Bonchev–Trinajstić information content (AvgIpc) is 3.24. The van der Waals surface area contributed by atoms with E-state index >= 15 is 0 Å². The van der Waals surface area contributed by atoms with Crippen molar-refractivity contribution >= 4 is 22.9 Å². The average molecular weight is 324 g/mol. The standard InChI is InChI=1S/C17H16N4OS/c1-11-5-7-13(8-6-11)14-10-15(20-19-14)17(22)21-18-12(2)16-4-3-9-23-16/h3-10,18H,2H2,1H3,(H,19,20)(H,21,22). The third kappa shape index (κ3) is 3.49. The van der Waals surface area contributed by atoms with Crippen LogP contribution in [0.5, 0.6) is 0 Å². The number of amides is 1. The van der Waals surface area contributed by atoms with E-state index in [0.717, 1.165) is 16.1 Å². The predicted octanol–water partition coefficient (Wildman–Crippen LogP) is 3.35. The van der Waals surface area contributed by atoms with Crippen molar-refractivity contribution in [2.45, 2.75) is 6.92 Å². The van der Waals surface area contributed by atoms with Gasteiger partial charge in [-0.3, -0.25) is 20.7 Å². The highest BCUT2D eigenvalue weighted by Crippen LogP contribution is 2.18. The third-order valence-corrected chi connectivity index (χ3v) is 4.24. The Bertz CT molecular complexity index is 819. The van der Waals surface area contributed by atoms with Gasteiger partial charge in [0.1, 0.15) is 5.69 Å². The number of hydrogen-bond acceptors (Lipinski definition) is 4. The molecule has 0 saturated heterocycles. The third-order valence-electron chi connectivity index (χ3n) is 3.32. The number of carbonyl (C=O) groups is 1. The van der Waals surface area contributed by atoms with E-state index in [1.54, 1.807) is 17.4 Å².